The summed E-state index contributed by atoms with van der Waals surface area (Å²) in [5.41, 5.74) is -0.327. The number of hydrogen-bond donors (Lipinski definition) is 3. The van der Waals surface area contributed by atoms with Crippen molar-refractivity contribution < 1.29 is 19.4 Å². The Morgan fingerprint density at radius 1 is 1.41 bits per heavy atom. The van der Waals surface area contributed by atoms with Crippen molar-refractivity contribution in [2.75, 3.05) is 26.3 Å². The van der Waals surface area contributed by atoms with Crippen LogP contribution in [0.2, 0.25) is 0 Å². The van der Waals surface area contributed by atoms with Crippen molar-refractivity contribution in [2.45, 2.75) is 32.7 Å². The van der Waals surface area contributed by atoms with Crippen LogP contribution in [0.5, 0.6) is 5.75 Å². The second kappa shape index (κ2) is 8.05. The number of likely N-dealkylation sites (tertiary alicyclic amines) is 1. The normalized spacial score (nSPS) is 15.1. The molecule has 2 aromatic rings. The first-order valence-electron chi connectivity index (χ1n) is 8.80. The molecule has 0 aromatic carbocycles. The van der Waals surface area contributed by atoms with Gasteiger partial charge in [0.25, 0.3) is 11.5 Å². The van der Waals surface area contributed by atoms with Crippen molar-refractivity contribution in [3.05, 3.63) is 21.1 Å². The highest BCUT2D eigenvalue weighted by atomic mass is 32.1. The van der Waals surface area contributed by atoms with E-state index < -0.39 is 6.61 Å². The van der Waals surface area contributed by atoms with Gasteiger partial charge in [-0.2, -0.15) is 0 Å². The first-order chi connectivity index (χ1) is 12.9. The van der Waals surface area contributed by atoms with E-state index in [0.717, 1.165) is 11.3 Å². The van der Waals surface area contributed by atoms with E-state index in [1.807, 2.05) is 0 Å². The average molecular weight is 394 g/mol. The Kier molecular flexibility index (Phi) is 5.76. The Bertz CT molecular complexity index is 914. The highest BCUT2D eigenvalue weighted by Crippen LogP contribution is 2.34. The van der Waals surface area contributed by atoms with Gasteiger partial charge in [-0.05, 0) is 26.7 Å². The van der Waals surface area contributed by atoms with E-state index in [1.165, 1.54) is 0 Å². The molecule has 0 spiro atoms. The van der Waals surface area contributed by atoms with Crippen LogP contribution in [0.4, 0.5) is 0 Å². The maximum atomic E-state index is 12.8. The van der Waals surface area contributed by atoms with E-state index in [0.29, 0.717) is 53.5 Å². The molecule has 3 N–H and O–H groups in total. The summed E-state index contributed by atoms with van der Waals surface area (Å²) in [6.45, 7) is 4.25. The first-order valence-corrected chi connectivity index (χ1v) is 9.62. The number of aromatic amines is 1. The van der Waals surface area contributed by atoms with E-state index in [-0.39, 0.29) is 29.2 Å². The number of amides is 2. The standard InChI is InChI=1S/C17H22N4O5S/c1-3-26-13-12-15(24)18-9(2)19-17(12)27-14(13)16(25)20-10-4-6-21(7-5-10)11(23)8-22/h10,22H,3-8H2,1-2H3,(H,20,25)(H,18,19,24). The maximum absolute atomic E-state index is 12.8. The fourth-order valence-electron chi connectivity index (χ4n) is 3.15. The SMILES string of the molecule is CCOc1c(C(=O)NC2CCN(C(=O)CO)CC2)sc2nc(C)[nH]c(=O)c12. The topological polar surface area (TPSA) is 125 Å². The third-order valence-corrected chi connectivity index (χ3v) is 5.51. The number of aromatic nitrogens is 2. The summed E-state index contributed by atoms with van der Waals surface area (Å²) in [4.78, 5) is 45.9. The molecule has 1 fully saturated rings. The highest BCUT2D eigenvalue weighted by Gasteiger charge is 2.27. The molecule has 0 bridgehead atoms. The van der Waals surface area contributed by atoms with Crippen LogP contribution in [0.15, 0.2) is 4.79 Å². The van der Waals surface area contributed by atoms with Crippen LogP contribution in [0.25, 0.3) is 10.2 Å². The lowest BCUT2D eigenvalue weighted by Crippen LogP contribution is -2.47. The van der Waals surface area contributed by atoms with Crippen molar-refractivity contribution in [3.63, 3.8) is 0 Å². The summed E-state index contributed by atoms with van der Waals surface area (Å²) < 4.78 is 5.59. The van der Waals surface area contributed by atoms with Gasteiger partial charge in [-0.25, -0.2) is 4.98 Å². The Hall–Kier alpha value is -2.46. The predicted octanol–water partition coefficient (Wildman–Crippen LogP) is 0.405. The number of nitrogens with one attached hydrogen (secondary N) is 2. The molecule has 0 atom stereocenters. The Morgan fingerprint density at radius 2 is 2.11 bits per heavy atom. The number of thiophene rings is 1. The molecule has 0 saturated carbocycles. The van der Waals surface area contributed by atoms with Gasteiger partial charge in [0.2, 0.25) is 5.91 Å². The van der Waals surface area contributed by atoms with Gasteiger partial charge >= 0.3 is 0 Å². The third-order valence-electron chi connectivity index (χ3n) is 4.45. The number of carbonyl (C=O) groups is 2. The van der Waals surface area contributed by atoms with Crippen LogP contribution < -0.4 is 15.6 Å². The smallest absolute Gasteiger partial charge is 0.265 e. The van der Waals surface area contributed by atoms with Crippen molar-refractivity contribution in [3.8, 4) is 5.75 Å². The minimum absolute atomic E-state index is 0.0899. The van der Waals surface area contributed by atoms with Gasteiger partial charge in [0.05, 0.1) is 6.61 Å². The van der Waals surface area contributed by atoms with Crippen LogP contribution in [-0.2, 0) is 4.79 Å². The molecule has 146 valence electrons. The Morgan fingerprint density at radius 3 is 2.74 bits per heavy atom. The zero-order chi connectivity index (χ0) is 19.6. The quantitative estimate of drug-likeness (QED) is 0.674. The van der Waals surface area contributed by atoms with Crippen molar-refractivity contribution in [2.24, 2.45) is 0 Å². The Labute approximate surface area is 159 Å². The van der Waals surface area contributed by atoms with Gasteiger partial charge in [0.15, 0.2) is 5.75 Å². The molecule has 1 aliphatic heterocycles. The van der Waals surface area contributed by atoms with Gasteiger partial charge in [-0.15, -0.1) is 11.3 Å². The number of carbonyl (C=O) groups excluding carboxylic acids is 2. The molecule has 2 amide bonds. The van der Waals surface area contributed by atoms with Gasteiger partial charge in [-0.3, -0.25) is 14.4 Å². The highest BCUT2D eigenvalue weighted by molar-refractivity contribution is 7.20. The third kappa shape index (κ3) is 3.96. The van der Waals surface area contributed by atoms with E-state index in [9.17, 15) is 14.4 Å². The fraction of sp³-hybridized carbons (Fsp3) is 0.529. The minimum Gasteiger partial charge on any atom is -0.491 e. The van der Waals surface area contributed by atoms with Gasteiger partial charge in [-0.1, -0.05) is 0 Å². The average Bonchev–Trinajstić information content (AvgIpc) is 3.00. The number of hydrogen-bond acceptors (Lipinski definition) is 7. The van der Waals surface area contributed by atoms with Gasteiger partial charge < -0.3 is 25.0 Å². The molecule has 0 aliphatic carbocycles. The zero-order valence-electron chi connectivity index (χ0n) is 15.2. The van der Waals surface area contributed by atoms with Crippen LogP contribution in [0.3, 0.4) is 0 Å². The molecule has 27 heavy (non-hydrogen) atoms. The number of ether oxygens (including phenoxy) is 1. The summed E-state index contributed by atoms with van der Waals surface area (Å²) >= 11 is 1.13. The molecule has 10 heteroatoms. The van der Waals surface area contributed by atoms with E-state index in [2.05, 4.69) is 15.3 Å². The lowest BCUT2D eigenvalue weighted by molar-refractivity contribution is -0.135. The minimum atomic E-state index is -0.502. The number of aryl methyl sites for hydroxylation is 1. The summed E-state index contributed by atoms with van der Waals surface area (Å²) in [5, 5.41) is 12.2. The predicted molar refractivity (Wildman–Crippen MR) is 100 cm³/mol. The van der Waals surface area contributed by atoms with Crippen LogP contribution >= 0.6 is 11.3 Å². The number of aliphatic hydroxyl groups is 1. The van der Waals surface area contributed by atoms with Crippen molar-refractivity contribution in [1.82, 2.24) is 20.2 Å². The van der Waals surface area contributed by atoms with Crippen molar-refractivity contribution in [1.29, 1.82) is 0 Å². The molecule has 3 rings (SSSR count). The van der Waals surface area contributed by atoms with E-state index in [1.54, 1.807) is 18.7 Å². The summed E-state index contributed by atoms with van der Waals surface area (Å²) in [6.07, 6.45) is 1.20. The number of rotatable bonds is 5. The van der Waals surface area contributed by atoms with Gasteiger partial charge in [0, 0.05) is 19.1 Å². The monoisotopic (exact) mass is 394 g/mol. The molecule has 1 aliphatic rings. The summed E-state index contributed by atoms with van der Waals surface area (Å²) in [6, 6.07) is -0.0899. The zero-order valence-corrected chi connectivity index (χ0v) is 16.0. The lowest BCUT2D eigenvalue weighted by atomic mass is 10.0. The maximum Gasteiger partial charge on any atom is 0.265 e. The number of nitrogens with zero attached hydrogens (tertiary/aromatic N) is 2. The largest absolute Gasteiger partial charge is 0.491 e. The lowest BCUT2D eigenvalue weighted by Gasteiger charge is -2.32. The second-order valence-corrected chi connectivity index (χ2v) is 7.31. The van der Waals surface area contributed by atoms with Gasteiger partial charge in [0.1, 0.15) is 27.5 Å². The van der Waals surface area contributed by atoms with Crippen LogP contribution in [0.1, 0.15) is 35.3 Å². The number of aliphatic hydroxyl groups excluding tert-OH is 1. The summed E-state index contributed by atoms with van der Waals surface area (Å²) in [5.74, 6) is 0.121. The van der Waals surface area contributed by atoms with E-state index >= 15 is 0 Å². The second-order valence-electron chi connectivity index (χ2n) is 6.31. The first kappa shape index (κ1) is 19.3. The Balaban J connectivity index is 1.80. The number of H-pyrrole nitrogens is 1. The number of fused-ring (bicyclic) bond motifs is 1. The van der Waals surface area contributed by atoms with Crippen molar-refractivity contribution >= 4 is 33.4 Å². The molecule has 3 heterocycles. The summed E-state index contributed by atoms with van der Waals surface area (Å²) in [7, 11) is 0. The molecule has 1 saturated heterocycles. The van der Waals surface area contributed by atoms with Crippen LogP contribution in [0, 0.1) is 6.92 Å². The number of piperidine rings is 1. The molecule has 0 unspecified atom stereocenters. The van der Waals surface area contributed by atoms with Crippen LogP contribution in [-0.4, -0.2) is 64.1 Å². The molecule has 0 radical (unpaired) electrons. The molecular formula is C17H22N4O5S. The molecule has 9 nitrogen and oxygen atoms in total. The molecular weight excluding hydrogens is 372 g/mol. The fourth-order valence-corrected chi connectivity index (χ4v) is 4.22. The molecule has 2 aromatic heterocycles. The van der Waals surface area contributed by atoms with E-state index in [4.69, 9.17) is 9.84 Å².